The Morgan fingerprint density at radius 1 is 1.03 bits per heavy atom. The fourth-order valence-electron chi connectivity index (χ4n) is 4.68. The highest BCUT2D eigenvalue weighted by Gasteiger charge is 2.37. The molecule has 2 amide bonds. The molecule has 2 aromatic rings. The number of likely N-dealkylation sites (N-methyl/N-ethyl adjacent to an activating group) is 1. The van der Waals surface area contributed by atoms with Crippen LogP contribution in [0.5, 0.6) is 11.5 Å². The zero-order chi connectivity index (χ0) is 25.9. The van der Waals surface area contributed by atoms with E-state index in [1.807, 2.05) is 20.8 Å². The molecule has 1 N–H and O–H groups in total. The fraction of sp³-hybridized carbons (Fsp3) is 0.462. The van der Waals surface area contributed by atoms with E-state index in [2.05, 4.69) is 5.32 Å². The summed E-state index contributed by atoms with van der Waals surface area (Å²) < 4.78 is 38.4. The van der Waals surface area contributed by atoms with Gasteiger partial charge in [0.2, 0.25) is 22.7 Å². The van der Waals surface area contributed by atoms with Crippen LogP contribution in [0.3, 0.4) is 0 Å². The van der Waals surface area contributed by atoms with E-state index in [9.17, 15) is 18.0 Å². The van der Waals surface area contributed by atoms with Crippen molar-refractivity contribution in [3.63, 3.8) is 0 Å². The molecule has 1 fully saturated rings. The van der Waals surface area contributed by atoms with Crippen LogP contribution in [0.2, 0.25) is 0 Å². The summed E-state index contributed by atoms with van der Waals surface area (Å²) in [5.41, 5.74) is 1.36. The molecule has 1 atom stereocenters. The van der Waals surface area contributed by atoms with Gasteiger partial charge in [-0.15, -0.1) is 0 Å². The number of fused-ring (bicyclic) bond motifs is 1. The minimum absolute atomic E-state index is 0.105. The molecule has 10 heteroatoms. The number of nitrogens with one attached hydrogen (secondary N) is 1. The van der Waals surface area contributed by atoms with Gasteiger partial charge in [-0.3, -0.25) is 9.59 Å². The molecule has 194 valence electrons. The van der Waals surface area contributed by atoms with Gasteiger partial charge < -0.3 is 19.7 Å². The average Bonchev–Trinajstić information content (AvgIpc) is 3.36. The molecule has 4 rings (SSSR count). The lowest BCUT2D eigenvalue weighted by atomic mass is 9.89. The number of carbonyl (C=O) groups excluding carboxylic acids is 2. The van der Waals surface area contributed by atoms with Crippen molar-refractivity contribution >= 4 is 21.8 Å². The minimum Gasteiger partial charge on any atom is -0.454 e. The number of carbonyl (C=O) groups is 2. The number of amides is 2. The maximum Gasteiger partial charge on any atom is 0.252 e. The molecule has 0 radical (unpaired) electrons. The topological polar surface area (TPSA) is 105 Å². The molecule has 0 aliphatic carbocycles. The summed E-state index contributed by atoms with van der Waals surface area (Å²) in [6, 6.07) is 11.0. The molecular formula is C26H33N3O6S. The Hall–Kier alpha value is -3.11. The molecule has 0 bridgehead atoms. The number of ether oxygens (including phenoxy) is 2. The predicted molar refractivity (Wildman–Crippen MR) is 134 cm³/mol. The van der Waals surface area contributed by atoms with Crippen LogP contribution in [0.15, 0.2) is 47.4 Å². The molecule has 9 nitrogen and oxygen atoms in total. The third-order valence-corrected chi connectivity index (χ3v) is 8.80. The summed E-state index contributed by atoms with van der Waals surface area (Å²) in [5.74, 6) is 0.330. The first-order valence-corrected chi connectivity index (χ1v) is 13.7. The third-order valence-electron chi connectivity index (χ3n) is 6.89. The highest BCUT2D eigenvalue weighted by atomic mass is 32.2. The van der Waals surface area contributed by atoms with E-state index >= 15 is 0 Å². The molecule has 2 aliphatic rings. The standard InChI is InChI=1S/C26H33N3O6S/c1-4-28(5-2)26(31)24(27-25(30)20-8-11-22-23(16-20)35-17-34-22)19-12-14-29(15-13-19)36(32,33)21-9-6-18(3)7-10-21/h6-11,16,19,24H,4-5,12-15,17H2,1-3H3,(H,27,30)/t24-/m1/s1. The van der Waals surface area contributed by atoms with E-state index in [1.54, 1.807) is 47.4 Å². The lowest BCUT2D eigenvalue weighted by molar-refractivity contribution is -0.134. The zero-order valence-electron chi connectivity index (χ0n) is 20.9. The number of benzene rings is 2. The second kappa shape index (κ2) is 10.9. The van der Waals surface area contributed by atoms with Crippen LogP contribution < -0.4 is 14.8 Å². The van der Waals surface area contributed by atoms with E-state index in [0.29, 0.717) is 43.0 Å². The van der Waals surface area contributed by atoms with Crippen molar-refractivity contribution in [1.82, 2.24) is 14.5 Å². The number of piperidine rings is 1. The van der Waals surface area contributed by atoms with Crippen LogP contribution in [0.1, 0.15) is 42.6 Å². The van der Waals surface area contributed by atoms with Crippen LogP contribution in [-0.2, 0) is 14.8 Å². The summed E-state index contributed by atoms with van der Waals surface area (Å²) >= 11 is 0. The number of nitrogens with zero attached hydrogens (tertiary/aromatic N) is 2. The Kier molecular flexibility index (Phi) is 7.85. The number of rotatable bonds is 8. The van der Waals surface area contributed by atoms with E-state index in [1.165, 1.54) is 4.31 Å². The second-order valence-corrected chi connectivity index (χ2v) is 11.0. The number of sulfonamides is 1. The lowest BCUT2D eigenvalue weighted by Gasteiger charge is -2.37. The first-order valence-electron chi connectivity index (χ1n) is 12.3. The van der Waals surface area contributed by atoms with Gasteiger partial charge in [0, 0.05) is 31.7 Å². The van der Waals surface area contributed by atoms with Gasteiger partial charge in [0.05, 0.1) is 4.90 Å². The molecule has 0 aromatic heterocycles. The first-order chi connectivity index (χ1) is 17.2. The Bertz CT molecular complexity index is 1200. The smallest absolute Gasteiger partial charge is 0.252 e. The van der Waals surface area contributed by atoms with Crippen LogP contribution in [0.25, 0.3) is 0 Å². The Balaban J connectivity index is 1.50. The summed E-state index contributed by atoms with van der Waals surface area (Å²) in [7, 11) is -3.62. The molecular weight excluding hydrogens is 482 g/mol. The molecule has 0 unspecified atom stereocenters. The summed E-state index contributed by atoms with van der Waals surface area (Å²) in [4.78, 5) is 28.5. The normalized spacial score (nSPS) is 17.0. The maximum absolute atomic E-state index is 13.4. The van der Waals surface area contributed by atoms with Gasteiger partial charge in [0.15, 0.2) is 11.5 Å². The van der Waals surface area contributed by atoms with Gasteiger partial charge in [-0.1, -0.05) is 17.7 Å². The van der Waals surface area contributed by atoms with E-state index in [4.69, 9.17) is 9.47 Å². The van der Waals surface area contributed by atoms with Crippen LogP contribution in [0, 0.1) is 12.8 Å². The summed E-state index contributed by atoms with van der Waals surface area (Å²) in [6.45, 7) is 7.41. The Labute approximate surface area is 212 Å². The predicted octanol–water partition coefficient (Wildman–Crippen LogP) is 2.79. The van der Waals surface area contributed by atoms with Gasteiger partial charge >= 0.3 is 0 Å². The van der Waals surface area contributed by atoms with Crippen molar-refractivity contribution in [2.75, 3.05) is 33.0 Å². The average molecular weight is 516 g/mol. The van der Waals surface area contributed by atoms with Crippen molar-refractivity contribution in [1.29, 1.82) is 0 Å². The summed E-state index contributed by atoms with van der Waals surface area (Å²) in [5, 5.41) is 2.94. The highest BCUT2D eigenvalue weighted by molar-refractivity contribution is 7.89. The van der Waals surface area contributed by atoms with Gasteiger partial charge in [-0.05, 0) is 69.9 Å². The van der Waals surface area contributed by atoms with Crippen molar-refractivity contribution in [2.45, 2.75) is 44.6 Å². The van der Waals surface area contributed by atoms with Crippen molar-refractivity contribution in [3.05, 3.63) is 53.6 Å². The van der Waals surface area contributed by atoms with Gasteiger partial charge in [-0.2, -0.15) is 4.31 Å². The molecule has 2 aliphatic heterocycles. The Morgan fingerprint density at radius 3 is 2.31 bits per heavy atom. The molecule has 2 aromatic carbocycles. The monoisotopic (exact) mass is 515 g/mol. The zero-order valence-corrected chi connectivity index (χ0v) is 21.7. The quantitative estimate of drug-likeness (QED) is 0.580. The van der Waals surface area contributed by atoms with Crippen LogP contribution in [0.4, 0.5) is 0 Å². The van der Waals surface area contributed by atoms with Gasteiger partial charge in [0.1, 0.15) is 6.04 Å². The number of aryl methyl sites for hydroxylation is 1. The second-order valence-electron chi connectivity index (χ2n) is 9.08. The highest BCUT2D eigenvalue weighted by Crippen LogP contribution is 2.33. The van der Waals surface area contributed by atoms with Crippen LogP contribution in [-0.4, -0.2) is 68.5 Å². The molecule has 36 heavy (non-hydrogen) atoms. The van der Waals surface area contributed by atoms with Crippen molar-refractivity contribution in [3.8, 4) is 11.5 Å². The third kappa shape index (κ3) is 5.34. The molecule has 0 saturated carbocycles. The van der Waals surface area contributed by atoms with E-state index < -0.39 is 16.1 Å². The molecule has 2 heterocycles. The van der Waals surface area contributed by atoms with Crippen molar-refractivity contribution < 1.29 is 27.5 Å². The minimum atomic E-state index is -3.62. The first kappa shape index (κ1) is 26.0. The number of hydrogen-bond acceptors (Lipinski definition) is 6. The largest absolute Gasteiger partial charge is 0.454 e. The molecule has 0 spiro atoms. The maximum atomic E-state index is 13.4. The summed E-state index contributed by atoms with van der Waals surface area (Å²) in [6.07, 6.45) is 0.925. The Morgan fingerprint density at radius 2 is 1.67 bits per heavy atom. The molecule has 1 saturated heterocycles. The lowest BCUT2D eigenvalue weighted by Crippen LogP contribution is -2.54. The van der Waals surface area contributed by atoms with Crippen LogP contribution >= 0.6 is 0 Å². The SMILES string of the molecule is CCN(CC)C(=O)[C@H](NC(=O)c1ccc2c(c1)OCO2)C1CCN(S(=O)(=O)c2ccc(C)cc2)CC1. The fourth-order valence-corrected chi connectivity index (χ4v) is 6.15. The van der Waals surface area contributed by atoms with Crippen molar-refractivity contribution in [2.24, 2.45) is 5.92 Å². The van der Waals surface area contributed by atoms with E-state index in [-0.39, 0.29) is 42.5 Å². The van der Waals surface area contributed by atoms with Gasteiger partial charge in [0.25, 0.3) is 5.91 Å². The number of hydrogen-bond donors (Lipinski definition) is 1. The van der Waals surface area contributed by atoms with Gasteiger partial charge in [-0.25, -0.2) is 8.42 Å². The van der Waals surface area contributed by atoms with E-state index in [0.717, 1.165) is 5.56 Å².